The maximum atomic E-state index is 12.5. The number of amides is 2. The molecule has 0 saturated carbocycles. The number of nitrogens with zero attached hydrogens (tertiary/aromatic N) is 1. The second-order valence-electron chi connectivity index (χ2n) is 5.78. The quantitative estimate of drug-likeness (QED) is 0.531. The summed E-state index contributed by atoms with van der Waals surface area (Å²) >= 11 is 7.01. The number of esters is 1. The van der Waals surface area contributed by atoms with Crippen LogP contribution in [0.4, 0.5) is 4.79 Å². The van der Waals surface area contributed by atoms with Crippen LogP contribution in [0.3, 0.4) is 0 Å². The third-order valence-corrected chi connectivity index (χ3v) is 5.09. The van der Waals surface area contributed by atoms with Gasteiger partial charge >= 0.3 is 5.97 Å². The molecule has 2 amide bonds. The van der Waals surface area contributed by atoms with Crippen molar-refractivity contribution < 1.29 is 23.9 Å². The largest absolute Gasteiger partial charge is 0.489 e. The summed E-state index contributed by atoms with van der Waals surface area (Å²) in [5.74, 6) is -0.623. The first kappa shape index (κ1) is 20.3. The monoisotopic (exact) mass is 397 g/mol. The van der Waals surface area contributed by atoms with Gasteiger partial charge in [0.05, 0.1) is 23.1 Å². The van der Waals surface area contributed by atoms with E-state index in [1.54, 1.807) is 24.3 Å². The number of hydrogen-bond acceptors (Lipinski definition) is 6. The van der Waals surface area contributed by atoms with Crippen molar-refractivity contribution >= 4 is 46.6 Å². The summed E-state index contributed by atoms with van der Waals surface area (Å²) in [6.45, 7) is 5.41. The van der Waals surface area contributed by atoms with Crippen molar-refractivity contribution in [2.24, 2.45) is 0 Å². The zero-order valence-electron chi connectivity index (χ0n) is 14.9. The molecule has 1 fully saturated rings. The number of thioether (sulfide) groups is 1. The van der Waals surface area contributed by atoms with Crippen LogP contribution in [0.1, 0.15) is 32.8 Å². The SMILES string of the molecule is CC[C@@H](C)Oc1ccc(/C=C2/SC(=O)N([C@H](C)C(=O)OC)C2=O)cc1Cl. The van der Waals surface area contributed by atoms with Gasteiger partial charge in [0.1, 0.15) is 11.8 Å². The highest BCUT2D eigenvalue weighted by atomic mass is 35.5. The van der Waals surface area contributed by atoms with Gasteiger partial charge in [0.15, 0.2) is 0 Å². The van der Waals surface area contributed by atoms with E-state index in [9.17, 15) is 14.4 Å². The maximum Gasteiger partial charge on any atom is 0.328 e. The Balaban J connectivity index is 2.22. The van der Waals surface area contributed by atoms with Gasteiger partial charge in [-0.25, -0.2) is 4.79 Å². The topological polar surface area (TPSA) is 72.9 Å². The first-order valence-corrected chi connectivity index (χ1v) is 9.29. The molecule has 0 aliphatic carbocycles. The van der Waals surface area contributed by atoms with Crippen molar-refractivity contribution in [3.8, 4) is 5.75 Å². The van der Waals surface area contributed by atoms with Crippen LogP contribution in [0.25, 0.3) is 6.08 Å². The van der Waals surface area contributed by atoms with Crippen molar-refractivity contribution in [3.05, 3.63) is 33.7 Å². The summed E-state index contributed by atoms with van der Waals surface area (Å²) in [5.41, 5.74) is 0.655. The standard InChI is InChI=1S/C18H20ClNO5S/c1-5-10(2)25-14-7-6-12(8-13(14)19)9-15-16(21)20(18(23)26-15)11(3)17(22)24-4/h6-11H,5H2,1-4H3/b15-9+/t10-,11-/m1/s1. The van der Waals surface area contributed by atoms with Crippen LogP contribution in [0, 0.1) is 0 Å². The first-order chi connectivity index (χ1) is 12.3. The summed E-state index contributed by atoms with van der Waals surface area (Å²) in [5, 5.41) is -0.0943. The van der Waals surface area contributed by atoms with Crippen LogP contribution in [0.5, 0.6) is 5.75 Å². The van der Waals surface area contributed by atoms with E-state index in [0.29, 0.717) is 16.3 Å². The molecule has 1 aliphatic heterocycles. The normalized spacial score (nSPS) is 18.2. The van der Waals surface area contributed by atoms with E-state index < -0.39 is 23.2 Å². The number of benzene rings is 1. The average molecular weight is 398 g/mol. The molecule has 2 rings (SSSR count). The minimum atomic E-state index is -0.978. The van der Waals surface area contributed by atoms with E-state index in [1.165, 1.54) is 14.0 Å². The molecule has 2 atom stereocenters. The lowest BCUT2D eigenvalue weighted by atomic mass is 10.2. The Labute approximate surface area is 161 Å². The van der Waals surface area contributed by atoms with Crippen LogP contribution in [0.15, 0.2) is 23.1 Å². The van der Waals surface area contributed by atoms with Crippen molar-refractivity contribution in [2.45, 2.75) is 39.3 Å². The van der Waals surface area contributed by atoms with Gasteiger partial charge in [0.25, 0.3) is 11.1 Å². The molecule has 0 radical (unpaired) electrons. The third kappa shape index (κ3) is 4.40. The molecule has 140 valence electrons. The Kier molecular flexibility index (Phi) is 6.72. The molecular weight excluding hydrogens is 378 g/mol. The fourth-order valence-corrected chi connectivity index (χ4v) is 3.39. The molecule has 0 bridgehead atoms. The van der Waals surface area contributed by atoms with Crippen molar-refractivity contribution in [1.82, 2.24) is 4.90 Å². The average Bonchev–Trinajstić information content (AvgIpc) is 2.89. The van der Waals surface area contributed by atoms with Gasteiger partial charge in [0, 0.05) is 0 Å². The molecule has 0 N–H and O–H groups in total. The third-order valence-electron chi connectivity index (χ3n) is 3.91. The van der Waals surface area contributed by atoms with Crippen molar-refractivity contribution in [3.63, 3.8) is 0 Å². The zero-order valence-corrected chi connectivity index (χ0v) is 16.5. The molecule has 1 aliphatic rings. The van der Waals surface area contributed by atoms with Gasteiger partial charge in [-0.2, -0.15) is 0 Å². The summed E-state index contributed by atoms with van der Waals surface area (Å²) in [4.78, 5) is 37.3. The fraction of sp³-hybridized carbons (Fsp3) is 0.389. The first-order valence-electron chi connectivity index (χ1n) is 8.09. The highest BCUT2D eigenvalue weighted by molar-refractivity contribution is 8.18. The molecule has 1 aromatic rings. The molecule has 0 spiro atoms. The lowest BCUT2D eigenvalue weighted by Gasteiger charge is -2.18. The molecule has 26 heavy (non-hydrogen) atoms. The van der Waals surface area contributed by atoms with Crippen LogP contribution in [-0.2, 0) is 14.3 Å². The number of carbonyl (C=O) groups excluding carboxylic acids is 3. The Morgan fingerprint density at radius 2 is 2.04 bits per heavy atom. The minimum absolute atomic E-state index is 0.0367. The number of methoxy groups -OCH3 is 1. The predicted octanol–water partition coefficient (Wildman–Crippen LogP) is 4.12. The van der Waals surface area contributed by atoms with Gasteiger partial charge < -0.3 is 9.47 Å². The van der Waals surface area contributed by atoms with Gasteiger partial charge in [-0.3, -0.25) is 14.5 Å². The summed E-state index contributed by atoms with van der Waals surface area (Å²) in [6, 6.07) is 4.16. The van der Waals surface area contributed by atoms with Crippen LogP contribution in [-0.4, -0.2) is 41.3 Å². The van der Waals surface area contributed by atoms with Gasteiger partial charge in [-0.15, -0.1) is 0 Å². The molecule has 6 nitrogen and oxygen atoms in total. The summed E-state index contributed by atoms with van der Waals surface area (Å²) in [6.07, 6.45) is 2.45. The number of hydrogen-bond donors (Lipinski definition) is 0. The number of rotatable bonds is 6. The van der Waals surface area contributed by atoms with Gasteiger partial charge in [0.2, 0.25) is 0 Å². The molecule has 0 unspecified atom stereocenters. The number of carbonyl (C=O) groups is 3. The predicted molar refractivity (Wildman–Crippen MR) is 101 cm³/mol. The minimum Gasteiger partial charge on any atom is -0.489 e. The van der Waals surface area contributed by atoms with Crippen LogP contribution < -0.4 is 4.74 Å². The number of halogens is 1. The van der Waals surface area contributed by atoms with E-state index >= 15 is 0 Å². The Morgan fingerprint density at radius 1 is 1.35 bits per heavy atom. The fourth-order valence-electron chi connectivity index (χ4n) is 2.24. The van der Waals surface area contributed by atoms with E-state index in [4.69, 9.17) is 16.3 Å². The lowest BCUT2D eigenvalue weighted by molar-refractivity contribution is -0.148. The smallest absolute Gasteiger partial charge is 0.328 e. The van der Waals surface area contributed by atoms with Crippen molar-refractivity contribution in [2.75, 3.05) is 7.11 Å². The molecular formula is C18H20ClNO5S. The van der Waals surface area contributed by atoms with Gasteiger partial charge in [-0.05, 0) is 55.8 Å². The highest BCUT2D eigenvalue weighted by Crippen LogP contribution is 2.35. The Hall–Kier alpha value is -1.99. The second kappa shape index (κ2) is 8.60. The maximum absolute atomic E-state index is 12.5. The molecule has 0 aromatic heterocycles. The Morgan fingerprint density at radius 3 is 2.62 bits per heavy atom. The van der Waals surface area contributed by atoms with Gasteiger partial charge in [-0.1, -0.05) is 24.6 Å². The van der Waals surface area contributed by atoms with E-state index in [-0.39, 0.29) is 11.0 Å². The second-order valence-corrected chi connectivity index (χ2v) is 7.18. The van der Waals surface area contributed by atoms with E-state index in [0.717, 1.165) is 23.1 Å². The molecule has 1 saturated heterocycles. The number of ether oxygens (including phenoxy) is 2. The van der Waals surface area contributed by atoms with E-state index in [1.807, 2.05) is 13.8 Å². The summed E-state index contributed by atoms with van der Waals surface area (Å²) < 4.78 is 10.3. The Bertz CT molecular complexity index is 764. The summed E-state index contributed by atoms with van der Waals surface area (Å²) in [7, 11) is 1.21. The zero-order chi connectivity index (χ0) is 19.4. The molecule has 8 heteroatoms. The lowest BCUT2D eigenvalue weighted by Crippen LogP contribution is -2.42. The molecule has 1 aromatic carbocycles. The van der Waals surface area contributed by atoms with Crippen LogP contribution >= 0.6 is 23.4 Å². The number of imide groups is 1. The van der Waals surface area contributed by atoms with Crippen molar-refractivity contribution in [1.29, 1.82) is 0 Å². The highest BCUT2D eigenvalue weighted by Gasteiger charge is 2.41. The molecule has 1 heterocycles. The van der Waals surface area contributed by atoms with E-state index in [2.05, 4.69) is 4.74 Å². The van der Waals surface area contributed by atoms with Crippen LogP contribution in [0.2, 0.25) is 5.02 Å².